The molecule has 0 aliphatic carbocycles. The summed E-state index contributed by atoms with van der Waals surface area (Å²) in [6, 6.07) is 0. The molecule has 0 saturated carbocycles. The van der Waals surface area contributed by atoms with Gasteiger partial charge >= 0.3 is 6.18 Å². The van der Waals surface area contributed by atoms with Crippen molar-refractivity contribution in [3.05, 3.63) is 0 Å². The Labute approximate surface area is 49.3 Å². The number of halogens is 4. The van der Waals surface area contributed by atoms with Crippen LogP contribution in [-0.2, 0) is 0 Å². The van der Waals surface area contributed by atoms with Crippen LogP contribution >= 0.6 is 0 Å². The van der Waals surface area contributed by atoms with Crippen LogP contribution in [-0.4, -0.2) is 23.6 Å². The summed E-state index contributed by atoms with van der Waals surface area (Å²) in [4.78, 5) is 0. The van der Waals surface area contributed by atoms with Gasteiger partial charge in [-0.1, -0.05) is 0 Å². The smallest absolute Gasteiger partial charge is 0.381 e. The average molecular weight is 146 g/mol. The summed E-state index contributed by atoms with van der Waals surface area (Å²) in [6.45, 7) is 0.651. The zero-order chi connectivity index (χ0) is 7.65. The summed E-state index contributed by atoms with van der Waals surface area (Å²) < 4.78 is 45.3. The van der Waals surface area contributed by atoms with Gasteiger partial charge in [-0.15, -0.1) is 0 Å². The molecule has 0 aliphatic rings. The molecule has 9 heavy (non-hydrogen) atoms. The van der Waals surface area contributed by atoms with E-state index in [0.29, 0.717) is 6.92 Å². The SMILES string of the molecule is CC(F)C(O)C(F)(F)F. The van der Waals surface area contributed by atoms with Crippen molar-refractivity contribution in [2.45, 2.75) is 25.4 Å². The van der Waals surface area contributed by atoms with E-state index in [1.54, 1.807) is 0 Å². The minimum absolute atomic E-state index is 0.651. The molecule has 2 unspecified atom stereocenters. The van der Waals surface area contributed by atoms with Gasteiger partial charge < -0.3 is 5.11 Å². The van der Waals surface area contributed by atoms with Crippen molar-refractivity contribution in [1.29, 1.82) is 0 Å². The highest BCUT2D eigenvalue weighted by Gasteiger charge is 2.41. The summed E-state index contributed by atoms with van der Waals surface area (Å²) in [5, 5.41) is 7.96. The maximum absolute atomic E-state index is 11.6. The fourth-order valence-corrected chi connectivity index (χ4v) is 0.260. The minimum Gasteiger partial charge on any atom is -0.381 e. The molecule has 1 N–H and O–H groups in total. The Bertz CT molecular complexity index is 87.1. The Balaban J connectivity index is 3.88. The molecule has 0 amide bonds. The second-order valence-electron chi connectivity index (χ2n) is 1.66. The molecule has 56 valence electrons. The van der Waals surface area contributed by atoms with Gasteiger partial charge in [-0.3, -0.25) is 0 Å². The van der Waals surface area contributed by atoms with Crippen molar-refractivity contribution >= 4 is 0 Å². The van der Waals surface area contributed by atoms with Gasteiger partial charge in [0, 0.05) is 0 Å². The number of aliphatic hydroxyl groups is 1. The fourth-order valence-electron chi connectivity index (χ4n) is 0.260. The monoisotopic (exact) mass is 146 g/mol. The molecule has 0 radical (unpaired) electrons. The standard InChI is InChI=1S/C4H6F4O/c1-2(5)3(9)4(6,7)8/h2-3,9H,1H3. The van der Waals surface area contributed by atoms with Crippen LogP contribution in [0, 0.1) is 0 Å². The first-order valence-electron chi connectivity index (χ1n) is 2.24. The summed E-state index contributed by atoms with van der Waals surface area (Å²) in [6.07, 6.45) is -9.95. The quantitative estimate of drug-likeness (QED) is 0.552. The van der Waals surface area contributed by atoms with E-state index in [1.165, 1.54) is 0 Å². The Morgan fingerprint density at radius 1 is 1.33 bits per heavy atom. The van der Waals surface area contributed by atoms with Crippen LogP contribution < -0.4 is 0 Å². The van der Waals surface area contributed by atoms with Crippen LogP contribution in [0.25, 0.3) is 0 Å². The van der Waals surface area contributed by atoms with Crippen LogP contribution in [0.4, 0.5) is 17.6 Å². The highest BCUT2D eigenvalue weighted by Crippen LogP contribution is 2.23. The zero-order valence-electron chi connectivity index (χ0n) is 4.61. The van der Waals surface area contributed by atoms with E-state index < -0.39 is 18.5 Å². The second kappa shape index (κ2) is 2.51. The third kappa shape index (κ3) is 2.64. The Morgan fingerprint density at radius 2 is 1.67 bits per heavy atom. The molecule has 0 spiro atoms. The Morgan fingerprint density at radius 3 is 1.67 bits per heavy atom. The van der Waals surface area contributed by atoms with Crippen molar-refractivity contribution in [2.24, 2.45) is 0 Å². The van der Waals surface area contributed by atoms with Crippen molar-refractivity contribution < 1.29 is 22.7 Å². The molecule has 0 aromatic heterocycles. The Hall–Kier alpha value is -0.320. The topological polar surface area (TPSA) is 20.2 Å². The highest BCUT2D eigenvalue weighted by molar-refractivity contribution is 4.70. The average Bonchev–Trinajstić information content (AvgIpc) is 1.62. The lowest BCUT2D eigenvalue weighted by Gasteiger charge is -2.14. The van der Waals surface area contributed by atoms with E-state index in [9.17, 15) is 17.6 Å². The van der Waals surface area contributed by atoms with Gasteiger partial charge in [0.1, 0.15) is 6.17 Å². The van der Waals surface area contributed by atoms with E-state index in [2.05, 4.69) is 0 Å². The first-order chi connectivity index (χ1) is 3.85. The van der Waals surface area contributed by atoms with Gasteiger partial charge in [0.2, 0.25) is 0 Å². The number of hydrogen-bond donors (Lipinski definition) is 1. The minimum atomic E-state index is -4.84. The third-order valence-corrected chi connectivity index (χ3v) is 0.770. The molecule has 0 aliphatic heterocycles. The van der Waals surface area contributed by atoms with Crippen molar-refractivity contribution in [3.8, 4) is 0 Å². The maximum Gasteiger partial charge on any atom is 0.417 e. The predicted molar refractivity (Wildman–Crippen MR) is 22.6 cm³/mol. The van der Waals surface area contributed by atoms with E-state index in [-0.39, 0.29) is 0 Å². The molecule has 0 rings (SSSR count). The van der Waals surface area contributed by atoms with Gasteiger partial charge in [0.15, 0.2) is 6.10 Å². The normalized spacial score (nSPS) is 19.3. The molecule has 0 heterocycles. The van der Waals surface area contributed by atoms with Crippen LogP contribution in [0.5, 0.6) is 0 Å². The van der Waals surface area contributed by atoms with Gasteiger partial charge in [-0.05, 0) is 6.92 Å². The lowest BCUT2D eigenvalue weighted by atomic mass is 10.2. The Kier molecular flexibility index (Phi) is 2.42. The molecular weight excluding hydrogens is 140 g/mol. The number of alkyl halides is 4. The van der Waals surface area contributed by atoms with E-state index in [0.717, 1.165) is 0 Å². The molecule has 0 aromatic carbocycles. The molecule has 0 saturated heterocycles. The van der Waals surface area contributed by atoms with Crippen LogP contribution in [0.2, 0.25) is 0 Å². The van der Waals surface area contributed by atoms with Gasteiger partial charge in [-0.25, -0.2) is 4.39 Å². The lowest BCUT2D eigenvalue weighted by molar-refractivity contribution is -0.218. The van der Waals surface area contributed by atoms with Crippen LogP contribution in [0.1, 0.15) is 6.92 Å². The summed E-state index contributed by atoms with van der Waals surface area (Å²) >= 11 is 0. The maximum atomic E-state index is 11.6. The summed E-state index contributed by atoms with van der Waals surface area (Å²) in [5.74, 6) is 0. The molecular formula is C4H6F4O. The second-order valence-corrected chi connectivity index (χ2v) is 1.66. The number of aliphatic hydroxyl groups excluding tert-OH is 1. The highest BCUT2D eigenvalue weighted by atomic mass is 19.4. The van der Waals surface area contributed by atoms with Crippen LogP contribution in [0.3, 0.4) is 0 Å². The first-order valence-corrected chi connectivity index (χ1v) is 2.24. The van der Waals surface area contributed by atoms with E-state index >= 15 is 0 Å². The van der Waals surface area contributed by atoms with Gasteiger partial charge in [0.25, 0.3) is 0 Å². The largest absolute Gasteiger partial charge is 0.417 e. The number of rotatable bonds is 1. The molecule has 0 bridgehead atoms. The molecule has 1 nitrogen and oxygen atoms in total. The van der Waals surface area contributed by atoms with Crippen molar-refractivity contribution in [3.63, 3.8) is 0 Å². The lowest BCUT2D eigenvalue weighted by Crippen LogP contribution is -2.35. The van der Waals surface area contributed by atoms with E-state index in [1.807, 2.05) is 0 Å². The third-order valence-electron chi connectivity index (χ3n) is 0.770. The molecule has 0 fully saturated rings. The molecule has 2 atom stereocenters. The molecule has 0 aromatic rings. The van der Waals surface area contributed by atoms with Crippen LogP contribution in [0.15, 0.2) is 0 Å². The van der Waals surface area contributed by atoms with Crippen molar-refractivity contribution in [2.75, 3.05) is 0 Å². The fraction of sp³-hybridized carbons (Fsp3) is 1.00. The predicted octanol–water partition coefficient (Wildman–Crippen LogP) is 1.27. The van der Waals surface area contributed by atoms with Gasteiger partial charge in [-0.2, -0.15) is 13.2 Å². The zero-order valence-corrected chi connectivity index (χ0v) is 4.61. The van der Waals surface area contributed by atoms with Gasteiger partial charge in [0.05, 0.1) is 0 Å². The molecule has 5 heteroatoms. The summed E-state index contributed by atoms with van der Waals surface area (Å²) in [5.41, 5.74) is 0. The first kappa shape index (κ1) is 8.68. The van der Waals surface area contributed by atoms with Crippen molar-refractivity contribution in [1.82, 2.24) is 0 Å². The summed E-state index contributed by atoms with van der Waals surface area (Å²) in [7, 11) is 0. The number of hydrogen-bond acceptors (Lipinski definition) is 1. The van der Waals surface area contributed by atoms with E-state index in [4.69, 9.17) is 5.11 Å².